The Kier molecular flexibility index (Phi) is 5.69. The van der Waals surface area contributed by atoms with Crippen LogP contribution in [-0.2, 0) is 16.1 Å². The quantitative estimate of drug-likeness (QED) is 0.587. The molecule has 0 radical (unpaired) electrons. The molecule has 2 aromatic rings. The molecule has 3 heteroatoms. The van der Waals surface area contributed by atoms with E-state index in [1.165, 1.54) is 10.5 Å². The Morgan fingerprint density at radius 3 is 2.45 bits per heavy atom. The number of benzene rings is 2. The Bertz CT molecular complexity index is 535. The van der Waals surface area contributed by atoms with E-state index in [-0.39, 0.29) is 5.97 Å². The minimum atomic E-state index is -0.145. The van der Waals surface area contributed by atoms with Gasteiger partial charge in [-0.05, 0) is 24.6 Å². The number of hydrogen-bond acceptors (Lipinski definition) is 3. The minimum absolute atomic E-state index is 0.145. The van der Waals surface area contributed by atoms with Crippen molar-refractivity contribution in [3.8, 4) is 0 Å². The molecule has 0 aliphatic carbocycles. The molecule has 0 spiro atoms. The number of carbonyl (C=O) groups excluding carboxylic acids is 1. The molecule has 0 aliphatic rings. The Balaban J connectivity index is 1.66. The van der Waals surface area contributed by atoms with Crippen LogP contribution in [0.5, 0.6) is 0 Å². The zero-order chi connectivity index (χ0) is 14.2. The molecule has 0 saturated heterocycles. The Hall–Kier alpha value is -1.74. The van der Waals surface area contributed by atoms with E-state index in [4.69, 9.17) is 4.74 Å². The van der Waals surface area contributed by atoms with Crippen LogP contribution in [0.1, 0.15) is 17.5 Å². The molecule has 0 heterocycles. The molecule has 0 fully saturated rings. The van der Waals surface area contributed by atoms with Crippen molar-refractivity contribution in [2.45, 2.75) is 24.8 Å². The van der Waals surface area contributed by atoms with Crippen LogP contribution in [0.3, 0.4) is 0 Å². The zero-order valence-electron chi connectivity index (χ0n) is 11.5. The Labute approximate surface area is 124 Å². The molecule has 0 saturated carbocycles. The maximum Gasteiger partial charge on any atom is 0.306 e. The van der Waals surface area contributed by atoms with Gasteiger partial charge in [-0.1, -0.05) is 48.0 Å². The summed E-state index contributed by atoms with van der Waals surface area (Å²) in [5, 5.41) is 0. The third-order valence-electron chi connectivity index (χ3n) is 2.84. The van der Waals surface area contributed by atoms with Crippen LogP contribution in [0.4, 0.5) is 0 Å². The smallest absolute Gasteiger partial charge is 0.306 e. The van der Waals surface area contributed by atoms with Crippen LogP contribution in [-0.4, -0.2) is 11.7 Å². The summed E-state index contributed by atoms with van der Waals surface area (Å²) in [7, 11) is 0. The predicted molar refractivity (Wildman–Crippen MR) is 82.8 cm³/mol. The van der Waals surface area contributed by atoms with E-state index in [9.17, 15) is 4.79 Å². The van der Waals surface area contributed by atoms with Crippen molar-refractivity contribution < 1.29 is 9.53 Å². The highest BCUT2D eigenvalue weighted by Crippen LogP contribution is 2.19. The second kappa shape index (κ2) is 7.75. The van der Waals surface area contributed by atoms with E-state index in [0.29, 0.717) is 13.0 Å². The Morgan fingerprint density at radius 2 is 1.75 bits per heavy atom. The standard InChI is InChI=1S/C17H18O2S/c1-14-7-9-16(10-8-14)20-12-11-17(18)19-13-15-5-3-2-4-6-15/h2-10H,11-13H2,1H3. The van der Waals surface area contributed by atoms with E-state index >= 15 is 0 Å². The molecule has 0 aromatic heterocycles. The maximum atomic E-state index is 11.6. The first-order valence-corrected chi connectivity index (χ1v) is 7.61. The first kappa shape index (κ1) is 14.7. The van der Waals surface area contributed by atoms with Gasteiger partial charge in [-0.15, -0.1) is 11.8 Å². The molecule has 0 N–H and O–H groups in total. The third kappa shape index (κ3) is 5.10. The van der Waals surface area contributed by atoms with Crippen molar-refractivity contribution >= 4 is 17.7 Å². The van der Waals surface area contributed by atoms with Gasteiger partial charge in [0.15, 0.2) is 0 Å². The van der Waals surface area contributed by atoms with Gasteiger partial charge in [-0.3, -0.25) is 4.79 Å². The summed E-state index contributed by atoms with van der Waals surface area (Å²) in [6, 6.07) is 18.1. The van der Waals surface area contributed by atoms with Crippen molar-refractivity contribution in [3.05, 3.63) is 65.7 Å². The molecule has 2 nitrogen and oxygen atoms in total. The average molecular weight is 286 g/mol. The summed E-state index contributed by atoms with van der Waals surface area (Å²) in [4.78, 5) is 12.8. The number of ether oxygens (including phenoxy) is 1. The van der Waals surface area contributed by atoms with Crippen LogP contribution in [0.25, 0.3) is 0 Å². The topological polar surface area (TPSA) is 26.3 Å². The number of hydrogen-bond donors (Lipinski definition) is 0. The summed E-state index contributed by atoms with van der Waals surface area (Å²) >= 11 is 1.68. The monoisotopic (exact) mass is 286 g/mol. The van der Waals surface area contributed by atoms with E-state index in [1.807, 2.05) is 30.3 Å². The van der Waals surface area contributed by atoms with Gasteiger partial charge >= 0.3 is 5.97 Å². The van der Waals surface area contributed by atoms with Gasteiger partial charge in [-0.25, -0.2) is 0 Å². The van der Waals surface area contributed by atoms with Gasteiger partial charge in [0.2, 0.25) is 0 Å². The van der Waals surface area contributed by atoms with Crippen LogP contribution in [0, 0.1) is 6.92 Å². The van der Waals surface area contributed by atoms with Gasteiger partial charge in [-0.2, -0.15) is 0 Å². The largest absolute Gasteiger partial charge is 0.461 e. The van der Waals surface area contributed by atoms with Crippen molar-refractivity contribution in [2.75, 3.05) is 5.75 Å². The molecular weight excluding hydrogens is 268 g/mol. The van der Waals surface area contributed by atoms with E-state index in [1.54, 1.807) is 11.8 Å². The lowest BCUT2D eigenvalue weighted by atomic mass is 10.2. The van der Waals surface area contributed by atoms with E-state index < -0.39 is 0 Å². The SMILES string of the molecule is Cc1ccc(SCCC(=O)OCc2ccccc2)cc1. The summed E-state index contributed by atoms with van der Waals surface area (Å²) in [6.07, 6.45) is 0.436. The van der Waals surface area contributed by atoms with Gasteiger partial charge in [0.1, 0.15) is 6.61 Å². The van der Waals surface area contributed by atoms with Crippen molar-refractivity contribution in [3.63, 3.8) is 0 Å². The zero-order valence-corrected chi connectivity index (χ0v) is 12.4. The molecule has 2 rings (SSSR count). The summed E-state index contributed by atoms with van der Waals surface area (Å²) in [5.41, 5.74) is 2.27. The first-order chi connectivity index (χ1) is 9.74. The molecule has 2 aromatic carbocycles. The minimum Gasteiger partial charge on any atom is -0.461 e. The summed E-state index contributed by atoms with van der Waals surface area (Å²) in [6.45, 7) is 2.42. The molecule has 0 bridgehead atoms. The summed E-state index contributed by atoms with van der Waals surface area (Å²) < 4.78 is 5.23. The average Bonchev–Trinajstić information content (AvgIpc) is 2.48. The highest BCUT2D eigenvalue weighted by Gasteiger charge is 2.04. The molecule has 0 unspecified atom stereocenters. The van der Waals surface area contributed by atoms with Crippen molar-refractivity contribution in [1.82, 2.24) is 0 Å². The number of rotatable bonds is 6. The van der Waals surface area contributed by atoms with E-state index in [0.717, 1.165) is 11.3 Å². The normalized spacial score (nSPS) is 10.2. The van der Waals surface area contributed by atoms with Crippen LogP contribution >= 0.6 is 11.8 Å². The van der Waals surface area contributed by atoms with Crippen LogP contribution in [0.2, 0.25) is 0 Å². The molecule has 104 valence electrons. The van der Waals surface area contributed by atoms with Gasteiger partial charge in [0, 0.05) is 10.6 Å². The number of aryl methyl sites for hydroxylation is 1. The van der Waals surface area contributed by atoms with Gasteiger partial charge < -0.3 is 4.74 Å². The lowest BCUT2D eigenvalue weighted by molar-refractivity contribution is -0.144. The number of esters is 1. The fraction of sp³-hybridized carbons (Fsp3) is 0.235. The van der Waals surface area contributed by atoms with Gasteiger partial charge in [0.25, 0.3) is 0 Å². The third-order valence-corrected chi connectivity index (χ3v) is 3.85. The predicted octanol–water partition coefficient (Wildman–Crippen LogP) is 4.22. The lowest BCUT2D eigenvalue weighted by Gasteiger charge is -2.05. The number of carbonyl (C=O) groups is 1. The summed E-state index contributed by atoms with van der Waals surface area (Å²) in [5.74, 6) is 0.602. The van der Waals surface area contributed by atoms with Crippen molar-refractivity contribution in [1.29, 1.82) is 0 Å². The fourth-order valence-electron chi connectivity index (χ4n) is 1.70. The van der Waals surface area contributed by atoms with E-state index in [2.05, 4.69) is 31.2 Å². The van der Waals surface area contributed by atoms with Crippen LogP contribution < -0.4 is 0 Å². The molecule has 0 atom stereocenters. The van der Waals surface area contributed by atoms with Gasteiger partial charge in [0.05, 0.1) is 6.42 Å². The maximum absolute atomic E-state index is 11.6. The van der Waals surface area contributed by atoms with Crippen LogP contribution in [0.15, 0.2) is 59.5 Å². The Morgan fingerprint density at radius 1 is 1.05 bits per heavy atom. The molecule has 0 amide bonds. The number of thioether (sulfide) groups is 1. The first-order valence-electron chi connectivity index (χ1n) is 6.63. The van der Waals surface area contributed by atoms with Crippen molar-refractivity contribution in [2.24, 2.45) is 0 Å². The molecule has 20 heavy (non-hydrogen) atoms. The molecule has 0 aliphatic heterocycles. The second-order valence-electron chi connectivity index (χ2n) is 4.56. The lowest BCUT2D eigenvalue weighted by Crippen LogP contribution is -2.05. The second-order valence-corrected chi connectivity index (χ2v) is 5.73. The molecular formula is C17H18O2S. The highest BCUT2D eigenvalue weighted by molar-refractivity contribution is 7.99. The fourth-order valence-corrected chi connectivity index (χ4v) is 2.53. The highest BCUT2D eigenvalue weighted by atomic mass is 32.2.